The van der Waals surface area contributed by atoms with E-state index in [1.165, 1.54) is 12.1 Å². The first-order valence-corrected chi connectivity index (χ1v) is 12.2. The molecule has 0 unspecified atom stereocenters. The Morgan fingerprint density at radius 3 is 2.24 bits per heavy atom. The Morgan fingerprint density at radius 2 is 1.58 bits per heavy atom. The number of amidine groups is 1. The molecule has 6 nitrogen and oxygen atoms in total. The third-order valence-corrected chi connectivity index (χ3v) is 8.41. The third-order valence-electron chi connectivity index (χ3n) is 5.68. The second-order valence-electron chi connectivity index (χ2n) is 8.02. The van der Waals surface area contributed by atoms with Crippen molar-refractivity contribution in [3.63, 3.8) is 0 Å². The number of fused-ring (bicyclic) bond motifs is 1. The molecule has 1 atom stereocenters. The standard InChI is InChI=1S/C25H23FN5OP/c1-17-9-15-21(16-10-17)29-33(32)23-18(2)28-31(22-7-5-4-6-8-22)25(23)27-24(30(33)3)19-11-13-20(26)14-12-19/h4-16H,1-3H3,(H,29,32)/t33-/m1/s1. The minimum atomic E-state index is -3.43. The van der Waals surface area contributed by atoms with Crippen molar-refractivity contribution in [2.45, 2.75) is 13.8 Å². The summed E-state index contributed by atoms with van der Waals surface area (Å²) in [7, 11) is -1.68. The van der Waals surface area contributed by atoms with Crippen molar-refractivity contribution in [2.24, 2.45) is 4.99 Å². The number of benzene rings is 3. The van der Waals surface area contributed by atoms with Gasteiger partial charge in [-0.3, -0.25) is 9.24 Å². The van der Waals surface area contributed by atoms with Crippen LogP contribution in [0.5, 0.6) is 0 Å². The highest BCUT2D eigenvalue weighted by atomic mass is 31.2. The van der Waals surface area contributed by atoms with Crippen LogP contribution in [-0.4, -0.2) is 27.3 Å². The minimum absolute atomic E-state index is 0.343. The maximum Gasteiger partial charge on any atom is 0.296 e. The lowest BCUT2D eigenvalue weighted by Crippen LogP contribution is -2.36. The Balaban J connectivity index is 1.74. The smallest absolute Gasteiger partial charge is 0.296 e. The van der Waals surface area contributed by atoms with E-state index in [1.807, 2.05) is 68.4 Å². The SMILES string of the molecule is Cc1ccc(N[P@]2(=O)c3c(C)nn(-c4ccccc4)c3N=C(c3ccc(F)cc3)N2C)cc1. The number of rotatable bonds is 4. The molecule has 8 heteroatoms. The van der Waals surface area contributed by atoms with Crippen LogP contribution in [0.15, 0.2) is 83.9 Å². The summed E-state index contributed by atoms with van der Waals surface area (Å²) in [6.07, 6.45) is 0. The second-order valence-corrected chi connectivity index (χ2v) is 10.4. The molecule has 0 fully saturated rings. The summed E-state index contributed by atoms with van der Waals surface area (Å²) in [4.78, 5) is 4.88. The van der Waals surface area contributed by atoms with E-state index in [4.69, 9.17) is 10.1 Å². The van der Waals surface area contributed by atoms with Gasteiger partial charge in [0.05, 0.1) is 11.4 Å². The van der Waals surface area contributed by atoms with Crippen LogP contribution < -0.4 is 10.4 Å². The fourth-order valence-corrected chi connectivity index (χ4v) is 6.34. The maximum absolute atomic E-state index is 14.8. The average Bonchev–Trinajstić information content (AvgIpc) is 3.16. The summed E-state index contributed by atoms with van der Waals surface area (Å²) in [5.74, 6) is 0.631. The van der Waals surface area contributed by atoms with Gasteiger partial charge in [0.25, 0.3) is 7.44 Å². The van der Waals surface area contributed by atoms with Gasteiger partial charge in [0.2, 0.25) is 0 Å². The summed E-state index contributed by atoms with van der Waals surface area (Å²) in [6, 6.07) is 23.4. The number of para-hydroxylation sites is 1. The summed E-state index contributed by atoms with van der Waals surface area (Å²) in [6.45, 7) is 3.85. The maximum atomic E-state index is 14.8. The highest BCUT2D eigenvalue weighted by Gasteiger charge is 2.43. The molecule has 0 saturated heterocycles. The summed E-state index contributed by atoms with van der Waals surface area (Å²) in [5.41, 5.74) is 3.95. The molecule has 0 saturated carbocycles. The van der Waals surface area contributed by atoms with Gasteiger partial charge in [-0.1, -0.05) is 35.9 Å². The number of aliphatic imine (C=N–C) groups is 1. The normalized spacial score (nSPS) is 17.5. The van der Waals surface area contributed by atoms with Crippen molar-refractivity contribution in [3.8, 4) is 5.69 Å². The zero-order valence-corrected chi connectivity index (χ0v) is 19.4. The highest BCUT2D eigenvalue weighted by Crippen LogP contribution is 2.54. The van der Waals surface area contributed by atoms with E-state index in [0.29, 0.717) is 28.2 Å². The van der Waals surface area contributed by atoms with Gasteiger partial charge >= 0.3 is 0 Å². The van der Waals surface area contributed by atoms with Crippen molar-refractivity contribution in [2.75, 3.05) is 12.1 Å². The van der Waals surface area contributed by atoms with E-state index in [9.17, 15) is 8.96 Å². The molecule has 3 aromatic carbocycles. The molecule has 33 heavy (non-hydrogen) atoms. The summed E-state index contributed by atoms with van der Waals surface area (Å²) < 4.78 is 31.8. The van der Waals surface area contributed by atoms with Gasteiger partial charge in [0.15, 0.2) is 5.82 Å². The van der Waals surface area contributed by atoms with E-state index < -0.39 is 7.44 Å². The molecule has 1 N–H and O–H groups in total. The number of nitrogens with one attached hydrogen (secondary N) is 1. The van der Waals surface area contributed by atoms with E-state index in [1.54, 1.807) is 28.5 Å². The first kappa shape index (κ1) is 21.2. The molecule has 1 aromatic heterocycles. The number of hydrogen-bond acceptors (Lipinski definition) is 3. The van der Waals surface area contributed by atoms with Gasteiger partial charge in [-0.25, -0.2) is 14.1 Å². The van der Waals surface area contributed by atoms with Gasteiger partial charge in [0, 0.05) is 18.3 Å². The number of halogens is 1. The van der Waals surface area contributed by atoms with Gasteiger partial charge in [0.1, 0.15) is 17.0 Å². The first-order valence-electron chi connectivity index (χ1n) is 10.6. The topological polar surface area (TPSA) is 62.5 Å². The van der Waals surface area contributed by atoms with E-state index in [-0.39, 0.29) is 5.82 Å². The predicted octanol–water partition coefficient (Wildman–Crippen LogP) is 5.58. The van der Waals surface area contributed by atoms with Crippen LogP contribution in [-0.2, 0) is 4.57 Å². The first-order chi connectivity index (χ1) is 15.9. The molecule has 0 radical (unpaired) electrons. The molecular formula is C25H23FN5OP. The van der Waals surface area contributed by atoms with E-state index in [0.717, 1.165) is 16.9 Å². The molecular weight excluding hydrogens is 436 g/mol. The highest BCUT2D eigenvalue weighted by molar-refractivity contribution is 7.72. The number of hydrogen-bond donors (Lipinski definition) is 1. The van der Waals surface area contributed by atoms with Crippen LogP contribution in [0.3, 0.4) is 0 Å². The third kappa shape index (κ3) is 3.64. The fraction of sp³-hybridized carbons (Fsp3) is 0.120. The van der Waals surface area contributed by atoms with Crippen LogP contribution in [0.1, 0.15) is 16.8 Å². The Bertz CT molecular complexity index is 1400. The van der Waals surface area contributed by atoms with Crippen molar-refractivity contribution in [3.05, 3.63) is 102 Å². The lowest BCUT2D eigenvalue weighted by molar-refractivity contribution is 0.553. The number of aromatic nitrogens is 2. The lowest BCUT2D eigenvalue weighted by Gasteiger charge is -2.35. The molecule has 1 aliphatic heterocycles. The van der Waals surface area contributed by atoms with Crippen LogP contribution >= 0.6 is 7.44 Å². The second kappa shape index (κ2) is 8.01. The Morgan fingerprint density at radius 1 is 0.909 bits per heavy atom. The van der Waals surface area contributed by atoms with E-state index >= 15 is 0 Å². The van der Waals surface area contributed by atoms with Crippen molar-refractivity contribution in [1.29, 1.82) is 0 Å². The molecule has 5 rings (SSSR count). The van der Waals surface area contributed by atoms with Crippen LogP contribution in [0, 0.1) is 19.7 Å². The van der Waals surface area contributed by atoms with Crippen LogP contribution in [0.2, 0.25) is 0 Å². The Labute approximate surface area is 191 Å². The predicted molar refractivity (Wildman–Crippen MR) is 131 cm³/mol. The molecule has 0 aliphatic carbocycles. The molecule has 166 valence electrons. The fourth-order valence-electron chi connectivity index (χ4n) is 3.95. The van der Waals surface area contributed by atoms with Gasteiger partial charge < -0.3 is 5.09 Å². The number of nitrogens with zero attached hydrogens (tertiary/aromatic N) is 4. The number of aryl methyl sites for hydroxylation is 2. The quantitative estimate of drug-likeness (QED) is 0.405. The minimum Gasteiger partial charge on any atom is -0.317 e. The molecule has 2 heterocycles. The van der Waals surface area contributed by atoms with Crippen molar-refractivity contribution >= 4 is 30.1 Å². The van der Waals surface area contributed by atoms with Crippen molar-refractivity contribution < 1.29 is 8.96 Å². The van der Waals surface area contributed by atoms with Crippen molar-refractivity contribution in [1.82, 2.24) is 14.5 Å². The summed E-state index contributed by atoms with van der Waals surface area (Å²) in [5, 5.41) is 8.54. The Hall–Kier alpha value is -3.70. The Kier molecular flexibility index (Phi) is 5.14. The van der Waals surface area contributed by atoms with Gasteiger partial charge in [-0.15, -0.1) is 0 Å². The van der Waals surface area contributed by atoms with Crippen LogP contribution in [0.4, 0.5) is 15.9 Å². The van der Waals surface area contributed by atoms with Crippen LogP contribution in [0.25, 0.3) is 5.69 Å². The lowest BCUT2D eigenvalue weighted by atomic mass is 10.2. The zero-order valence-electron chi connectivity index (χ0n) is 18.5. The number of anilines is 1. The molecule has 0 amide bonds. The molecule has 4 aromatic rings. The van der Waals surface area contributed by atoms with E-state index in [2.05, 4.69) is 5.09 Å². The molecule has 0 bridgehead atoms. The molecule has 1 aliphatic rings. The summed E-state index contributed by atoms with van der Waals surface area (Å²) >= 11 is 0. The monoisotopic (exact) mass is 459 g/mol. The average molecular weight is 459 g/mol. The van der Waals surface area contributed by atoms with Gasteiger partial charge in [-0.05, 0) is 62.4 Å². The zero-order chi connectivity index (χ0) is 23.2. The molecule has 0 spiro atoms. The largest absolute Gasteiger partial charge is 0.317 e. The van der Waals surface area contributed by atoms with Gasteiger partial charge in [-0.2, -0.15) is 5.10 Å².